The Morgan fingerprint density at radius 3 is 2.67 bits per heavy atom. The molecule has 11 heteroatoms. The van der Waals surface area contributed by atoms with Crippen LogP contribution in [0, 0.1) is 0 Å². The molecular weight excluding hydrogens is 464 g/mol. The summed E-state index contributed by atoms with van der Waals surface area (Å²) in [5.41, 5.74) is 1.69. The molecule has 1 N–H and O–H groups in total. The number of carbonyl (C=O) groups is 1. The number of fused-ring (bicyclic) bond motifs is 3. The van der Waals surface area contributed by atoms with Crippen molar-refractivity contribution in [1.82, 2.24) is 24.3 Å². The maximum Gasteiger partial charge on any atom is 0.278 e. The minimum Gasteiger partial charge on any atom is -0.497 e. The number of anilines is 1. The van der Waals surface area contributed by atoms with Crippen molar-refractivity contribution in [1.29, 1.82) is 0 Å². The minimum atomic E-state index is -0.333. The number of hydrogen-bond acceptors (Lipinski definition) is 8. The lowest BCUT2D eigenvalue weighted by molar-refractivity contribution is -0.116. The molecule has 1 amide bonds. The minimum absolute atomic E-state index is 0.0651. The zero-order chi connectivity index (χ0) is 25.2. The first-order chi connectivity index (χ1) is 17.5. The molecule has 3 aromatic heterocycles. The van der Waals surface area contributed by atoms with Gasteiger partial charge in [-0.2, -0.15) is 4.98 Å². The number of benzene rings is 2. The normalized spacial score (nSPS) is 11.2. The van der Waals surface area contributed by atoms with Crippen molar-refractivity contribution in [3.8, 4) is 11.5 Å². The average molecular weight is 489 g/mol. The Morgan fingerprint density at radius 2 is 1.92 bits per heavy atom. The summed E-state index contributed by atoms with van der Waals surface area (Å²) >= 11 is 0. The van der Waals surface area contributed by atoms with Crippen molar-refractivity contribution in [3.63, 3.8) is 0 Å². The first-order valence-corrected chi connectivity index (χ1v) is 11.3. The lowest BCUT2D eigenvalue weighted by Gasteiger charge is -2.10. The van der Waals surface area contributed by atoms with E-state index in [4.69, 9.17) is 14.0 Å². The van der Waals surface area contributed by atoms with Crippen molar-refractivity contribution in [3.05, 3.63) is 70.9 Å². The SMILES string of the molecule is CCc1noc(Cn2cnc3c4cc(OC)ccc4n(CC(=O)Nc4cccc(OC)c4)c3c2=O)n1. The number of nitrogens with one attached hydrogen (secondary N) is 1. The Kier molecular flexibility index (Phi) is 6.11. The molecule has 0 unspecified atom stereocenters. The molecule has 0 aliphatic heterocycles. The van der Waals surface area contributed by atoms with Crippen LogP contribution in [-0.2, 0) is 24.3 Å². The molecule has 11 nitrogen and oxygen atoms in total. The van der Waals surface area contributed by atoms with Gasteiger partial charge in [0.25, 0.3) is 5.56 Å². The van der Waals surface area contributed by atoms with Crippen LogP contribution in [0.3, 0.4) is 0 Å². The number of ether oxygens (including phenoxy) is 2. The first-order valence-electron chi connectivity index (χ1n) is 11.3. The van der Waals surface area contributed by atoms with E-state index in [0.717, 1.165) is 0 Å². The van der Waals surface area contributed by atoms with Gasteiger partial charge in [-0.3, -0.25) is 14.2 Å². The van der Waals surface area contributed by atoms with Gasteiger partial charge in [0.2, 0.25) is 11.8 Å². The Hall–Kier alpha value is -4.67. The molecule has 0 fully saturated rings. The summed E-state index contributed by atoms with van der Waals surface area (Å²) in [6.07, 6.45) is 2.06. The Labute approximate surface area is 205 Å². The molecule has 0 aliphatic carbocycles. The van der Waals surface area contributed by atoms with Gasteiger partial charge in [-0.25, -0.2) is 4.98 Å². The molecule has 0 spiro atoms. The molecule has 0 atom stereocenters. The molecule has 2 aromatic carbocycles. The monoisotopic (exact) mass is 488 g/mol. The van der Waals surface area contributed by atoms with E-state index in [1.165, 1.54) is 10.9 Å². The van der Waals surface area contributed by atoms with Gasteiger partial charge >= 0.3 is 0 Å². The van der Waals surface area contributed by atoms with E-state index in [1.54, 1.807) is 55.2 Å². The van der Waals surface area contributed by atoms with E-state index < -0.39 is 0 Å². The maximum absolute atomic E-state index is 13.6. The molecule has 0 aliphatic rings. The van der Waals surface area contributed by atoms with Crippen molar-refractivity contribution in [2.75, 3.05) is 19.5 Å². The quantitative estimate of drug-likeness (QED) is 0.353. The third-order valence-electron chi connectivity index (χ3n) is 5.82. The van der Waals surface area contributed by atoms with Crippen LogP contribution in [0.5, 0.6) is 11.5 Å². The second-order valence-electron chi connectivity index (χ2n) is 8.08. The van der Waals surface area contributed by atoms with Crippen molar-refractivity contribution in [2.24, 2.45) is 0 Å². The average Bonchev–Trinajstić information content (AvgIpc) is 3.48. The predicted octanol–water partition coefficient (Wildman–Crippen LogP) is 3.00. The second kappa shape index (κ2) is 9.53. The van der Waals surface area contributed by atoms with Crippen molar-refractivity contribution in [2.45, 2.75) is 26.4 Å². The van der Waals surface area contributed by atoms with Crippen LogP contribution in [0.4, 0.5) is 5.69 Å². The summed E-state index contributed by atoms with van der Waals surface area (Å²) < 4.78 is 18.9. The lowest BCUT2D eigenvalue weighted by atomic mass is 10.2. The summed E-state index contributed by atoms with van der Waals surface area (Å²) in [5.74, 6) is 1.79. The van der Waals surface area contributed by atoms with Crippen LogP contribution in [0.1, 0.15) is 18.6 Å². The topological polar surface area (TPSA) is 126 Å². The molecule has 0 radical (unpaired) electrons. The second-order valence-corrected chi connectivity index (χ2v) is 8.08. The van der Waals surface area contributed by atoms with E-state index in [0.29, 0.717) is 51.7 Å². The van der Waals surface area contributed by atoms with Gasteiger partial charge in [0.15, 0.2) is 5.82 Å². The Morgan fingerprint density at radius 1 is 1.11 bits per heavy atom. The molecule has 0 saturated carbocycles. The van der Waals surface area contributed by atoms with E-state index in [2.05, 4.69) is 20.4 Å². The van der Waals surface area contributed by atoms with E-state index in [9.17, 15) is 9.59 Å². The van der Waals surface area contributed by atoms with E-state index in [1.807, 2.05) is 13.0 Å². The van der Waals surface area contributed by atoms with Gasteiger partial charge in [0, 0.05) is 23.6 Å². The highest BCUT2D eigenvalue weighted by molar-refractivity contribution is 6.07. The highest BCUT2D eigenvalue weighted by Crippen LogP contribution is 2.29. The predicted molar refractivity (Wildman–Crippen MR) is 132 cm³/mol. The summed E-state index contributed by atoms with van der Waals surface area (Å²) in [4.78, 5) is 35.5. The van der Waals surface area contributed by atoms with Crippen molar-refractivity contribution >= 4 is 33.5 Å². The standard InChI is InChI=1S/C25H24N6O5/c1-4-20-28-22(36-29-20)13-30-14-26-23-18-11-17(35-3)8-9-19(18)31(24(23)25(30)33)12-21(32)27-15-6-5-7-16(10-15)34-2/h5-11,14H,4,12-13H2,1-3H3,(H,27,32). The highest BCUT2D eigenvalue weighted by Gasteiger charge is 2.20. The van der Waals surface area contributed by atoms with E-state index >= 15 is 0 Å². The largest absolute Gasteiger partial charge is 0.497 e. The number of methoxy groups -OCH3 is 2. The van der Waals surface area contributed by atoms with Gasteiger partial charge < -0.3 is 23.9 Å². The third-order valence-corrected chi connectivity index (χ3v) is 5.82. The maximum atomic E-state index is 13.6. The number of nitrogens with zero attached hydrogens (tertiary/aromatic N) is 5. The highest BCUT2D eigenvalue weighted by atomic mass is 16.5. The van der Waals surface area contributed by atoms with Gasteiger partial charge in [-0.15, -0.1) is 0 Å². The third kappa shape index (κ3) is 4.26. The summed E-state index contributed by atoms with van der Waals surface area (Å²) in [6, 6.07) is 12.4. The fraction of sp³-hybridized carbons (Fsp3) is 0.240. The molecule has 0 saturated heterocycles. The zero-order valence-corrected chi connectivity index (χ0v) is 20.0. The molecular formula is C25H24N6O5. The number of hydrogen-bond donors (Lipinski definition) is 1. The number of rotatable bonds is 8. The van der Waals surface area contributed by atoms with Crippen molar-refractivity contribution < 1.29 is 18.8 Å². The van der Waals surface area contributed by atoms with Crippen LogP contribution >= 0.6 is 0 Å². The molecule has 184 valence electrons. The first kappa shape index (κ1) is 23.1. The fourth-order valence-corrected chi connectivity index (χ4v) is 4.07. The van der Waals surface area contributed by atoms with Gasteiger partial charge in [0.1, 0.15) is 35.6 Å². The summed E-state index contributed by atoms with van der Waals surface area (Å²) in [7, 11) is 3.12. The Balaban J connectivity index is 1.58. The number of aromatic nitrogens is 5. The van der Waals surface area contributed by atoms with Crippen LogP contribution in [0.25, 0.3) is 21.9 Å². The summed E-state index contributed by atoms with van der Waals surface area (Å²) in [5, 5.41) is 7.45. The molecule has 0 bridgehead atoms. The van der Waals surface area contributed by atoms with Crippen LogP contribution in [0.15, 0.2) is 58.1 Å². The fourth-order valence-electron chi connectivity index (χ4n) is 4.07. The van der Waals surface area contributed by atoms with Crippen LogP contribution < -0.4 is 20.3 Å². The smallest absolute Gasteiger partial charge is 0.278 e. The molecule has 5 aromatic rings. The van der Waals surface area contributed by atoms with Gasteiger partial charge in [-0.1, -0.05) is 18.1 Å². The number of carbonyl (C=O) groups excluding carboxylic acids is 1. The Bertz CT molecular complexity index is 1630. The van der Waals surface area contributed by atoms with Crippen LogP contribution in [-0.4, -0.2) is 44.4 Å². The summed E-state index contributed by atoms with van der Waals surface area (Å²) in [6.45, 7) is 1.87. The molecule has 36 heavy (non-hydrogen) atoms. The van der Waals surface area contributed by atoms with E-state index in [-0.39, 0.29) is 30.1 Å². The lowest BCUT2D eigenvalue weighted by Crippen LogP contribution is -2.25. The van der Waals surface area contributed by atoms with Gasteiger partial charge in [-0.05, 0) is 30.3 Å². The van der Waals surface area contributed by atoms with Crippen LogP contribution in [0.2, 0.25) is 0 Å². The zero-order valence-electron chi connectivity index (χ0n) is 20.0. The molecule has 3 heterocycles. The van der Waals surface area contributed by atoms with Gasteiger partial charge in [0.05, 0.1) is 26.1 Å². The number of amides is 1. The number of aryl methyl sites for hydroxylation is 1. The molecule has 5 rings (SSSR count).